The first-order chi connectivity index (χ1) is 15.0. The molecule has 1 N–H and O–H groups in total. The van der Waals surface area contributed by atoms with Gasteiger partial charge in [0.15, 0.2) is 0 Å². The van der Waals surface area contributed by atoms with Crippen LogP contribution in [0.3, 0.4) is 0 Å². The lowest BCUT2D eigenvalue weighted by molar-refractivity contribution is -0.142. The van der Waals surface area contributed by atoms with Crippen LogP contribution in [0.1, 0.15) is 70.4 Å². The van der Waals surface area contributed by atoms with E-state index in [1.165, 1.54) is 12.8 Å². The highest BCUT2D eigenvalue weighted by Crippen LogP contribution is 2.43. The Hall–Kier alpha value is -1.95. The standard InChI is InChI=1S/C25H35N3O2S/c1-17(2)14-15-26-24(30)23-22-19-12-8-9-13-20(19)27(3)25(22)31-16-21(29)28(23)18-10-6-4-5-7-11-18/h8-9,12-13,17-18,23H,4-7,10-11,14-16H2,1-3H3,(H,26,30)/t23-/m0/s1. The van der Waals surface area contributed by atoms with Crippen LogP contribution in [-0.2, 0) is 16.6 Å². The van der Waals surface area contributed by atoms with Crippen LogP contribution >= 0.6 is 11.8 Å². The molecular formula is C25H35N3O2S. The van der Waals surface area contributed by atoms with E-state index in [4.69, 9.17) is 0 Å². The quantitative estimate of drug-likeness (QED) is 0.662. The lowest BCUT2D eigenvalue weighted by Gasteiger charge is -2.36. The number of carbonyl (C=O) groups is 2. The zero-order valence-corrected chi connectivity index (χ0v) is 19.8. The number of aryl methyl sites for hydroxylation is 1. The third kappa shape index (κ3) is 4.50. The zero-order chi connectivity index (χ0) is 22.0. The van der Waals surface area contributed by atoms with Gasteiger partial charge in [-0.15, -0.1) is 0 Å². The number of nitrogens with one attached hydrogen (secondary N) is 1. The second kappa shape index (κ2) is 9.68. The first-order valence-corrected chi connectivity index (χ1v) is 12.8. The van der Waals surface area contributed by atoms with Crippen molar-refractivity contribution < 1.29 is 9.59 Å². The van der Waals surface area contributed by atoms with E-state index in [2.05, 4.69) is 35.9 Å². The number of benzene rings is 1. The van der Waals surface area contributed by atoms with Crippen LogP contribution in [0.2, 0.25) is 0 Å². The Labute approximate surface area is 189 Å². The lowest BCUT2D eigenvalue weighted by Crippen LogP contribution is -2.49. The summed E-state index contributed by atoms with van der Waals surface area (Å²) in [7, 11) is 2.05. The summed E-state index contributed by atoms with van der Waals surface area (Å²) in [6.45, 7) is 4.98. The second-order valence-corrected chi connectivity index (χ2v) is 10.4. The summed E-state index contributed by atoms with van der Waals surface area (Å²) in [5.41, 5.74) is 2.13. The molecule has 0 radical (unpaired) electrons. The van der Waals surface area contributed by atoms with Crippen molar-refractivity contribution in [1.82, 2.24) is 14.8 Å². The minimum atomic E-state index is -0.557. The van der Waals surface area contributed by atoms with Crippen molar-refractivity contribution in [1.29, 1.82) is 0 Å². The van der Waals surface area contributed by atoms with E-state index in [9.17, 15) is 9.59 Å². The summed E-state index contributed by atoms with van der Waals surface area (Å²) in [6.07, 6.45) is 7.62. The van der Waals surface area contributed by atoms with Gasteiger partial charge < -0.3 is 14.8 Å². The number of nitrogens with zero attached hydrogens (tertiary/aromatic N) is 2. The van der Waals surface area contributed by atoms with Gasteiger partial charge in [0, 0.05) is 36.1 Å². The zero-order valence-electron chi connectivity index (χ0n) is 19.0. The van der Waals surface area contributed by atoms with Gasteiger partial charge in [0.05, 0.1) is 10.8 Å². The van der Waals surface area contributed by atoms with Crippen molar-refractivity contribution in [3.05, 3.63) is 29.8 Å². The van der Waals surface area contributed by atoms with Crippen molar-refractivity contribution in [3.63, 3.8) is 0 Å². The lowest BCUT2D eigenvalue weighted by atomic mass is 9.98. The molecule has 1 saturated carbocycles. The van der Waals surface area contributed by atoms with Crippen LogP contribution in [0, 0.1) is 5.92 Å². The van der Waals surface area contributed by atoms with Gasteiger partial charge in [0.2, 0.25) is 11.8 Å². The molecule has 1 aliphatic carbocycles. The third-order valence-corrected chi connectivity index (χ3v) is 7.91. The molecule has 0 spiro atoms. The maximum atomic E-state index is 13.7. The first kappa shape index (κ1) is 22.3. The molecule has 1 aromatic heterocycles. The molecule has 168 valence electrons. The van der Waals surface area contributed by atoms with Crippen LogP contribution in [0.5, 0.6) is 0 Å². The molecule has 0 bridgehead atoms. The molecule has 2 aromatic rings. The predicted octanol–water partition coefficient (Wildman–Crippen LogP) is 5.04. The number of fused-ring (bicyclic) bond motifs is 3. The van der Waals surface area contributed by atoms with Crippen molar-refractivity contribution >= 4 is 34.5 Å². The van der Waals surface area contributed by atoms with E-state index in [0.717, 1.165) is 53.6 Å². The topological polar surface area (TPSA) is 54.3 Å². The fourth-order valence-corrected chi connectivity index (χ4v) is 6.19. The van der Waals surface area contributed by atoms with E-state index in [1.54, 1.807) is 11.8 Å². The van der Waals surface area contributed by atoms with E-state index >= 15 is 0 Å². The van der Waals surface area contributed by atoms with E-state index in [-0.39, 0.29) is 17.9 Å². The fraction of sp³-hybridized carbons (Fsp3) is 0.600. The number of hydrogen-bond acceptors (Lipinski definition) is 3. The van der Waals surface area contributed by atoms with Gasteiger partial charge in [-0.05, 0) is 31.2 Å². The Morgan fingerprint density at radius 3 is 2.58 bits per heavy atom. The van der Waals surface area contributed by atoms with Crippen LogP contribution in [0.4, 0.5) is 0 Å². The molecule has 1 aliphatic heterocycles. The van der Waals surface area contributed by atoms with E-state index in [0.29, 0.717) is 18.2 Å². The molecule has 0 saturated heterocycles. The molecule has 2 amide bonds. The monoisotopic (exact) mass is 441 g/mol. The Morgan fingerprint density at radius 2 is 1.87 bits per heavy atom. The normalized spacial score (nSPS) is 20.6. The van der Waals surface area contributed by atoms with Crippen LogP contribution in [-0.4, -0.2) is 39.6 Å². The Morgan fingerprint density at radius 1 is 1.16 bits per heavy atom. The van der Waals surface area contributed by atoms with Crippen molar-refractivity contribution in [2.24, 2.45) is 13.0 Å². The fourth-order valence-electron chi connectivity index (χ4n) is 5.11. The maximum absolute atomic E-state index is 13.7. The van der Waals surface area contributed by atoms with Gasteiger partial charge in [-0.2, -0.15) is 0 Å². The summed E-state index contributed by atoms with van der Waals surface area (Å²) in [4.78, 5) is 29.1. The van der Waals surface area contributed by atoms with Crippen molar-refractivity contribution in [3.8, 4) is 0 Å². The Kier molecular flexibility index (Phi) is 6.95. The molecule has 1 fully saturated rings. The van der Waals surface area contributed by atoms with Gasteiger partial charge in [-0.3, -0.25) is 9.59 Å². The minimum absolute atomic E-state index is 0.0293. The van der Waals surface area contributed by atoms with Gasteiger partial charge in [0.25, 0.3) is 0 Å². The number of para-hydroxylation sites is 1. The van der Waals surface area contributed by atoms with E-state index in [1.807, 2.05) is 24.1 Å². The molecule has 4 rings (SSSR count). The summed E-state index contributed by atoms with van der Waals surface area (Å²) in [5.74, 6) is 0.987. The summed E-state index contributed by atoms with van der Waals surface area (Å²) >= 11 is 1.58. The SMILES string of the molecule is CC(C)CCNC(=O)[C@@H]1c2c(n(C)c3ccccc23)SCC(=O)N1C1CCCCCC1. The average molecular weight is 442 g/mol. The van der Waals surface area contributed by atoms with Crippen molar-refractivity contribution in [2.75, 3.05) is 12.3 Å². The summed E-state index contributed by atoms with van der Waals surface area (Å²) in [6, 6.07) is 7.86. The molecule has 6 heteroatoms. The third-order valence-electron chi connectivity index (χ3n) is 6.75. The Bertz CT molecular complexity index is 944. The minimum Gasteiger partial charge on any atom is -0.354 e. The van der Waals surface area contributed by atoms with Crippen LogP contribution in [0.15, 0.2) is 29.3 Å². The number of thioether (sulfide) groups is 1. The molecule has 5 nitrogen and oxygen atoms in total. The highest BCUT2D eigenvalue weighted by molar-refractivity contribution is 8.00. The molecule has 1 atom stereocenters. The van der Waals surface area contributed by atoms with E-state index < -0.39 is 6.04 Å². The predicted molar refractivity (Wildman–Crippen MR) is 127 cm³/mol. The largest absolute Gasteiger partial charge is 0.354 e. The number of rotatable bonds is 5. The number of hydrogen-bond donors (Lipinski definition) is 1. The summed E-state index contributed by atoms with van der Waals surface area (Å²) in [5, 5.41) is 5.32. The first-order valence-electron chi connectivity index (χ1n) is 11.8. The second-order valence-electron chi connectivity index (χ2n) is 9.41. The highest BCUT2D eigenvalue weighted by atomic mass is 32.2. The smallest absolute Gasteiger partial charge is 0.247 e. The van der Waals surface area contributed by atoms with Crippen LogP contribution in [0.25, 0.3) is 10.9 Å². The van der Waals surface area contributed by atoms with Gasteiger partial charge in [0.1, 0.15) is 6.04 Å². The number of aromatic nitrogens is 1. The van der Waals surface area contributed by atoms with Crippen LogP contribution < -0.4 is 5.32 Å². The number of carbonyl (C=O) groups excluding carboxylic acids is 2. The molecule has 1 aromatic carbocycles. The molecule has 31 heavy (non-hydrogen) atoms. The number of amides is 2. The molecular weight excluding hydrogens is 406 g/mol. The average Bonchev–Trinajstić information content (AvgIpc) is 2.95. The molecule has 2 heterocycles. The van der Waals surface area contributed by atoms with Gasteiger partial charge in [-0.25, -0.2) is 0 Å². The van der Waals surface area contributed by atoms with Crippen molar-refractivity contribution in [2.45, 2.75) is 75.9 Å². The molecule has 2 aliphatic rings. The summed E-state index contributed by atoms with van der Waals surface area (Å²) < 4.78 is 2.16. The Balaban J connectivity index is 1.80. The van der Waals surface area contributed by atoms with Gasteiger partial charge in [-0.1, -0.05) is 69.5 Å². The molecule has 0 unspecified atom stereocenters. The highest BCUT2D eigenvalue weighted by Gasteiger charge is 2.41. The van der Waals surface area contributed by atoms with Gasteiger partial charge >= 0.3 is 0 Å². The maximum Gasteiger partial charge on any atom is 0.247 e.